The van der Waals surface area contributed by atoms with E-state index in [1.807, 2.05) is 0 Å². The van der Waals surface area contributed by atoms with Gasteiger partial charge >= 0.3 is 0 Å². The van der Waals surface area contributed by atoms with Gasteiger partial charge in [-0.2, -0.15) is 0 Å². The lowest BCUT2D eigenvalue weighted by Gasteiger charge is -2.15. The Morgan fingerprint density at radius 3 is 2.69 bits per heavy atom. The lowest BCUT2D eigenvalue weighted by Crippen LogP contribution is -2.24. The minimum Gasteiger partial charge on any atom is -0.484 e. The number of ether oxygens (including phenoxy) is 1. The first-order chi connectivity index (χ1) is 14.2. The number of carbonyl (C=O) groups excluding carboxylic acids is 1. The Labute approximate surface area is 184 Å². The third-order valence-corrected chi connectivity index (χ3v) is 6.34. The second-order valence-electron chi connectivity index (χ2n) is 6.50. The van der Waals surface area contributed by atoms with E-state index < -0.39 is 0 Å². The van der Waals surface area contributed by atoms with E-state index in [-0.39, 0.29) is 12.5 Å². The molecule has 2 heterocycles. The fourth-order valence-corrected chi connectivity index (χ4v) is 4.43. The van der Waals surface area contributed by atoms with Crippen molar-refractivity contribution in [3.63, 3.8) is 0 Å². The Balaban J connectivity index is 1.35. The number of carbonyl (C=O) groups is 1. The van der Waals surface area contributed by atoms with Crippen molar-refractivity contribution in [1.82, 2.24) is 15.1 Å². The van der Waals surface area contributed by atoms with Gasteiger partial charge in [-0.25, -0.2) is 0 Å². The largest absolute Gasteiger partial charge is 0.484 e. The van der Waals surface area contributed by atoms with Crippen molar-refractivity contribution in [3.8, 4) is 17.6 Å². The Morgan fingerprint density at radius 1 is 1.17 bits per heavy atom. The van der Waals surface area contributed by atoms with Gasteiger partial charge in [-0.05, 0) is 50.2 Å². The summed E-state index contributed by atoms with van der Waals surface area (Å²) in [6.07, 6.45) is 5.23. The zero-order valence-corrected chi connectivity index (χ0v) is 18.4. The minimum atomic E-state index is -0.287. The van der Waals surface area contributed by atoms with Crippen LogP contribution in [-0.2, 0) is 4.79 Å². The Bertz CT molecular complexity index is 840. The molecule has 6 nitrogen and oxygen atoms in total. The number of anilines is 1. The summed E-state index contributed by atoms with van der Waals surface area (Å²) in [5.74, 6) is 7.39. The van der Waals surface area contributed by atoms with Gasteiger partial charge in [0.15, 0.2) is 10.9 Å². The van der Waals surface area contributed by atoms with E-state index in [2.05, 4.69) is 32.3 Å². The molecule has 0 saturated carbocycles. The van der Waals surface area contributed by atoms with Crippen molar-refractivity contribution < 1.29 is 9.53 Å². The molecular formula is C20H23ClN4O2S2. The van der Waals surface area contributed by atoms with Gasteiger partial charge in [0.25, 0.3) is 5.91 Å². The number of nitrogens with one attached hydrogen (secondary N) is 1. The average Bonchev–Trinajstić information content (AvgIpc) is 2.99. The zero-order valence-electron chi connectivity index (χ0n) is 16.0. The lowest BCUT2D eigenvalue weighted by molar-refractivity contribution is -0.118. The molecular weight excluding hydrogens is 428 g/mol. The molecule has 0 radical (unpaired) electrons. The lowest BCUT2D eigenvalue weighted by atomic mass is 10.2. The van der Waals surface area contributed by atoms with Crippen LogP contribution in [0.2, 0.25) is 5.02 Å². The quantitative estimate of drug-likeness (QED) is 0.387. The number of hydrogen-bond acceptors (Lipinski definition) is 7. The second-order valence-corrected chi connectivity index (χ2v) is 9.13. The molecule has 9 heteroatoms. The smallest absolute Gasteiger partial charge is 0.264 e. The number of benzene rings is 1. The standard InChI is InChI=1S/C20H23ClN4O2S2/c21-16-7-9-17(10-8-16)27-15-18(26)22-19-23-24-20(29-19)28-14-6-5-13-25-11-3-1-2-4-12-25/h7-10H,1-4,11-15H2,(H,22,23,26). The predicted octanol–water partition coefficient (Wildman–Crippen LogP) is 4.18. The number of likely N-dealkylation sites (tertiary alicyclic amines) is 1. The van der Waals surface area contributed by atoms with Gasteiger partial charge in [-0.3, -0.25) is 15.0 Å². The molecule has 1 amide bonds. The van der Waals surface area contributed by atoms with E-state index in [1.54, 1.807) is 24.3 Å². The molecule has 1 N–H and O–H groups in total. The Morgan fingerprint density at radius 2 is 1.93 bits per heavy atom. The van der Waals surface area contributed by atoms with Crippen molar-refractivity contribution in [2.24, 2.45) is 0 Å². The van der Waals surface area contributed by atoms with Crippen LogP contribution in [0.1, 0.15) is 25.7 Å². The molecule has 0 atom stereocenters. The minimum absolute atomic E-state index is 0.105. The van der Waals surface area contributed by atoms with Crippen molar-refractivity contribution in [2.75, 3.05) is 37.3 Å². The number of hydrogen-bond donors (Lipinski definition) is 1. The van der Waals surface area contributed by atoms with E-state index in [1.165, 1.54) is 48.8 Å². The summed E-state index contributed by atoms with van der Waals surface area (Å²) in [7, 11) is 0. The molecule has 1 aromatic carbocycles. The summed E-state index contributed by atoms with van der Waals surface area (Å²) in [5, 5.41) is 11.8. The van der Waals surface area contributed by atoms with Gasteiger partial charge in [-0.1, -0.05) is 59.4 Å². The molecule has 3 rings (SSSR count). The second kappa shape index (κ2) is 12.0. The average molecular weight is 451 g/mol. The third kappa shape index (κ3) is 8.23. The Kier molecular flexibility index (Phi) is 9.09. The first-order valence-corrected chi connectivity index (χ1v) is 11.7. The van der Waals surface area contributed by atoms with Gasteiger partial charge in [-0.15, -0.1) is 10.2 Å². The molecule has 29 heavy (non-hydrogen) atoms. The fourth-order valence-electron chi connectivity index (χ4n) is 2.76. The summed E-state index contributed by atoms with van der Waals surface area (Å²) in [5.41, 5.74) is 0. The van der Waals surface area contributed by atoms with Crippen LogP contribution < -0.4 is 10.1 Å². The molecule has 1 aliphatic heterocycles. The monoisotopic (exact) mass is 450 g/mol. The molecule has 2 aromatic rings. The van der Waals surface area contributed by atoms with E-state index >= 15 is 0 Å². The van der Waals surface area contributed by atoms with Crippen LogP contribution in [0.5, 0.6) is 5.75 Å². The molecule has 0 unspecified atom stereocenters. The molecule has 1 aliphatic rings. The fraction of sp³-hybridized carbons (Fsp3) is 0.450. The summed E-state index contributed by atoms with van der Waals surface area (Å²) in [6, 6.07) is 6.84. The van der Waals surface area contributed by atoms with Crippen LogP contribution in [0.15, 0.2) is 28.6 Å². The molecule has 0 spiro atoms. The summed E-state index contributed by atoms with van der Waals surface area (Å²) in [4.78, 5) is 14.4. The van der Waals surface area contributed by atoms with E-state index in [0.29, 0.717) is 21.7 Å². The maximum Gasteiger partial charge on any atom is 0.264 e. The van der Waals surface area contributed by atoms with E-state index in [4.69, 9.17) is 16.3 Å². The highest BCUT2D eigenvalue weighted by Gasteiger charge is 2.09. The summed E-state index contributed by atoms with van der Waals surface area (Å²) in [6.45, 7) is 3.04. The first-order valence-electron chi connectivity index (χ1n) is 9.51. The van der Waals surface area contributed by atoms with Gasteiger partial charge in [0.05, 0.1) is 12.3 Å². The number of rotatable bonds is 7. The van der Waals surface area contributed by atoms with E-state index in [0.717, 1.165) is 24.0 Å². The predicted molar refractivity (Wildman–Crippen MR) is 119 cm³/mol. The van der Waals surface area contributed by atoms with E-state index in [9.17, 15) is 4.79 Å². The highest BCUT2D eigenvalue weighted by molar-refractivity contribution is 8.01. The summed E-state index contributed by atoms with van der Waals surface area (Å²) >= 11 is 8.68. The molecule has 1 fully saturated rings. The zero-order chi connectivity index (χ0) is 20.3. The van der Waals surface area contributed by atoms with Crippen LogP contribution in [0.25, 0.3) is 0 Å². The van der Waals surface area contributed by atoms with Crippen molar-refractivity contribution in [2.45, 2.75) is 30.0 Å². The summed E-state index contributed by atoms with van der Waals surface area (Å²) < 4.78 is 6.19. The molecule has 0 bridgehead atoms. The molecule has 0 aliphatic carbocycles. The Hall–Kier alpha value is -1.79. The SMILES string of the molecule is O=C(COc1ccc(Cl)cc1)Nc1nnc(SCC#CCN2CCCCCC2)s1. The van der Waals surface area contributed by atoms with Gasteiger partial charge in [0.2, 0.25) is 5.13 Å². The van der Waals surface area contributed by atoms with Crippen molar-refractivity contribution in [1.29, 1.82) is 0 Å². The highest BCUT2D eigenvalue weighted by Crippen LogP contribution is 2.25. The number of amides is 1. The number of aromatic nitrogens is 2. The van der Waals surface area contributed by atoms with Crippen LogP contribution >= 0.6 is 34.7 Å². The third-order valence-electron chi connectivity index (χ3n) is 4.23. The van der Waals surface area contributed by atoms with Gasteiger partial charge in [0.1, 0.15) is 5.75 Å². The maximum atomic E-state index is 12.0. The van der Waals surface area contributed by atoms with Crippen LogP contribution in [0.4, 0.5) is 5.13 Å². The van der Waals surface area contributed by atoms with Crippen LogP contribution in [0.3, 0.4) is 0 Å². The van der Waals surface area contributed by atoms with Crippen molar-refractivity contribution in [3.05, 3.63) is 29.3 Å². The van der Waals surface area contributed by atoms with Gasteiger partial charge < -0.3 is 4.74 Å². The number of halogens is 1. The van der Waals surface area contributed by atoms with Crippen LogP contribution in [-0.4, -0.2) is 53.0 Å². The topological polar surface area (TPSA) is 67.3 Å². The highest BCUT2D eigenvalue weighted by atomic mass is 35.5. The normalized spacial score (nSPS) is 14.5. The molecule has 1 aromatic heterocycles. The van der Waals surface area contributed by atoms with Gasteiger partial charge in [0, 0.05) is 5.02 Å². The number of nitrogens with zero attached hydrogens (tertiary/aromatic N) is 3. The molecule has 154 valence electrons. The van der Waals surface area contributed by atoms with Crippen LogP contribution in [0, 0.1) is 11.8 Å². The van der Waals surface area contributed by atoms with Crippen molar-refractivity contribution >= 4 is 45.7 Å². The molecule has 1 saturated heterocycles. The number of thioether (sulfide) groups is 1. The maximum absolute atomic E-state index is 12.0. The first kappa shape index (κ1) is 21.9.